The summed E-state index contributed by atoms with van der Waals surface area (Å²) >= 11 is 0. The lowest BCUT2D eigenvalue weighted by atomic mass is 9.78. The Morgan fingerprint density at radius 3 is 2.25 bits per heavy atom. The predicted molar refractivity (Wildman–Crippen MR) is 122 cm³/mol. The first-order valence-electron chi connectivity index (χ1n) is 12.0. The van der Waals surface area contributed by atoms with Crippen molar-refractivity contribution >= 4 is 0 Å². The van der Waals surface area contributed by atoms with E-state index in [-0.39, 0.29) is 0 Å². The molecule has 0 nitrogen and oxygen atoms in total. The highest BCUT2D eigenvalue weighted by Crippen LogP contribution is 2.35. The van der Waals surface area contributed by atoms with Crippen LogP contribution in [0.4, 0.5) is 0 Å². The van der Waals surface area contributed by atoms with Crippen LogP contribution in [0.15, 0.2) is 36.4 Å². The van der Waals surface area contributed by atoms with Gasteiger partial charge in [-0.15, -0.1) is 0 Å². The summed E-state index contributed by atoms with van der Waals surface area (Å²) in [5.41, 5.74) is 3.05. The first-order chi connectivity index (χ1) is 13.8. The van der Waals surface area contributed by atoms with Crippen molar-refractivity contribution in [1.82, 2.24) is 0 Å². The number of allylic oxidation sites excluding steroid dienone is 2. The third-order valence-electron chi connectivity index (χ3n) is 7.21. The van der Waals surface area contributed by atoms with Gasteiger partial charge in [-0.2, -0.15) is 0 Å². The van der Waals surface area contributed by atoms with Gasteiger partial charge in [0.1, 0.15) is 0 Å². The lowest BCUT2D eigenvalue weighted by Crippen LogP contribution is -2.12. The summed E-state index contributed by atoms with van der Waals surface area (Å²) in [5, 5.41) is 0. The Labute approximate surface area is 174 Å². The number of aryl methyl sites for hydroxylation is 1. The fourth-order valence-corrected chi connectivity index (χ4v) is 5.05. The van der Waals surface area contributed by atoms with Gasteiger partial charge in [-0.1, -0.05) is 68.9 Å². The van der Waals surface area contributed by atoms with Crippen LogP contribution in [0.2, 0.25) is 0 Å². The molecule has 0 radical (unpaired) electrons. The Bertz CT molecular complexity index is 638. The normalized spacial score (nSPS) is 28.1. The van der Waals surface area contributed by atoms with Gasteiger partial charge in [-0.05, 0) is 99.2 Å². The lowest BCUT2D eigenvalue weighted by molar-refractivity contribution is 0.304. The quantitative estimate of drug-likeness (QED) is 0.440. The van der Waals surface area contributed by atoms with Crippen molar-refractivity contribution in [2.75, 3.05) is 0 Å². The SMILES string of the molecule is CCCCc1ccc(C2CCC(C#C/C=C/C3CCC(CC)CC3)CC2)cc1. The minimum Gasteiger partial charge on any atom is -0.0951 e. The largest absolute Gasteiger partial charge is 0.0951 e. The molecule has 3 rings (SSSR count). The summed E-state index contributed by atoms with van der Waals surface area (Å²) in [7, 11) is 0. The summed E-state index contributed by atoms with van der Waals surface area (Å²) in [5.74, 6) is 10.1. The molecule has 2 aliphatic rings. The number of rotatable bonds is 6. The molecule has 0 aromatic heterocycles. The number of hydrogen-bond donors (Lipinski definition) is 0. The standard InChI is InChI=1S/C28H40/c1-3-5-8-24-15-19-27(20-16-24)28-21-17-26(18-22-28)10-7-6-9-25-13-11-23(4-2)12-14-25/h6,9,15-16,19-20,23,25-26,28H,3-5,8,11-14,17-18,21-22H2,1-2H3/b9-6+. The fourth-order valence-electron chi connectivity index (χ4n) is 5.05. The molecule has 1 aromatic carbocycles. The van der Waals surface area contributed by atoms with Crippen molar-refractivity contribution in [3.63, 3.8) is 0 Å². The van der Waals surface area contributed by atoms with E-state index >= 15 is 0 Å². The third kappa shape index (κ3) is 6.55. The van der Waals surface area contributed by atoms with Gasteiger partial charge < -0.3 is 0 Å². The van der Waals surface area contributed by atoms with Crippen LogP contribution in [0, 0.1) is 29.6 Å². The van der Waals surface area contributed by atoms with Gasteiger partial charge >= 0.3 is 0 Å². The van der Waals surface area contributed by atoms with E-state index in [2.05, 4.69) is 62.1 Å². The van der Waals surface area contributed by atoms with Crippen molar-refractivity contribution in [2.45, 2.75) is 96.8 Å². The Balaban J connectivity index is 1.40. The molecule has 2 saturated carbocycles. The van der Waals surface area contributed by atoms with E-state index in [0.29, 0.717) is 5.92 Å². The van der Waals surface area contributed by atoms with Crippen molar-refractivity contribution in [3.8, 4) is 11.8 Å². The summed E-state index contributed by atoms with van der Waals surface area (Å²) in [6.07, 6.45) is 20.5. The van der Waals surface area contributed by atoms with Gasteiger partial charge in [0.15, 0.2) is 0 Å². The van der Waals surface area contributed by atoms with Crippen LogP contribution in [0.3, 0.4) is 0 Å². The van der Waals surface area contributed by atoms with Crippen LogP contribution >= 0.6 is 0 Å². The van der Waals surface area contributed by atoms with Gasteiger partial charge in [0, 0.05) is 5.92 Å². The lowest BCUT2D eigenvalue weighted by Gasteiger charge is -2.26. The van der Waals surface area contributed by atoms with E-state index in [0.717, 1.165) is 17.8 Å². The maximum atomic E-state index is 3.55. The molecule has 2 aliphatic carbocycles. The zero-order valence-corrected chi connectivity index (χ0v) is 18.3. The molecule has 0 heterocycles. The van der Waals surface area contributed by atoms with Crippen LogP contribution in [0.25, 0.3) is 0 Å². The van der Waals surface area contributed by atoms with E-state index in [1.54, 1.807) is 5.56 Å². The molecular formula is C28H40. The molecule has 0 unspecified atom stereocenters. The molecular weight excluding hydrogens is 336 g/mol. The summed E-state index contributed by atoms with van der Waals surface area (Å²) < 4.78 is 0. The van der Waals surface area contributed by atoms with E-state index < -0.39 is 0 Å². The van der Waals surface area contributed by atoms with E-state index in [4.69, 9.17) is 0 Å². The van der Waals surface area contributed by atoms with Crippen molar-refractivity contribution in [1.29, 1.82) is 0 Å². The molecule has 28 heavy (non-hydrogen) atoms. The van der Waals surface area contributed by atoms with Crippen LogP contribution < -0.4 is 0 Å². The fraction of sp³-hybridized carbons (Fsp3) is 0.643. The average Bonchev–Trinajstić information content (AvgIpc) is 2.76. The van der Waals surface area contributed by atoms with E-state index in [1.165, 1.54) is 82.6 Å². The molecule has 152 valence electrons. The highest BCUT2D eigenvalue weighted by molar-refractivity contribution is 5.26. The molecule has 0 N–H and O–H groups in total. The summed E-state index contributed by atoms with van der Waals surface area (Å²) in [6, 6.07) is 9.49. The predicted octanol–water partition coefficient (Wildman–Crippen LogP) is 8.08. The number of unbranched alkanes of at least 4 members (excludes halogenated alkanes) is 1. The highest BCUT2D eigenvalue weighted by atomic mass is 14.3. The molecule has 0 aliphatic heterocycles. The minimum absolute atomic E-state index is 0.612. The zero-order valence-electron chi connectivity index (χ0n) is 18.3. The first kappa shape index (κ1) is 21.2. The maximum Gasteiger partial charge on any atom is 0.0206 e. The Hall–Kier alpha value is -1.48. The van der Waals surface area contributed by atoms with Crippen LogP contribution in [-0.4, -0.2) is 0 Å². The van der Waals surface area contributed by atoms with Crippen molar-refractivity contribution < 1.29 is 0 Å². The van der Waals surface area contributed by atoms with Crippen molar-refractivity contribution in [3.05, 3.63) is 47.5 Å². The first-order valence-corrected chi connectivity index (χ1v) is 12.0. The summed E-state index contributed by atoms with van der Waals surface area (Å²) in [6.45, 7) is 4.60. The molecule has 0 heteroatoms. The monoisotopic (exact) mass is 376 g/mol. The highest BCUT2D eigenvalue weighted by Gasteiger charge is 2.21. The zero-order chi connectivity index (χ0) is 19.6. The Kier molecular flexibility index (Phi) is 8.72. The second-order valence-corrected chi connectivity index (χ2v) is 9.23. The second-order valence-electron chi connectivity index (χ2n) is 9.23. The topological polar surface area (TPSA) is 0 Å². The third-order valence-corrected chi connectivity index (χ3v) is 7.21. The van der Waals surface area contributed by atoms with Crippen LogP contribution in [0.1, 0.15) is 102 Å². The number of benzene rings is 1. The molecule has 0 amide bonds. The van der Waals surface area contributed by atoms with Crippen LogP contribution in [0.5, 0.6) is 0 Å². The summed E-state index contributed by atoms with van der Waals surface area (Å²) in [4.78, 5) is 0. The van der Waals surface area contributed by atoms with Gasteiger partial charge in [0.25, 0.3) is 0 Å². The van der Waals surface area contributed by atoms with Gasteiger partial charge in [0.05, 0.1) is 0 Å². The maximum absolute atomic E-state index is 3.55. The molecule has 0 saturated heterocycles. The van der Waals surface area contributed by atoms with Crippen molar-refractivity contribution in [2.24, 2.45) is 17.8 Å². The van der Waals surface area contributed by atoms with Gasteiger partial charge in [-0.25, -0.2) is 0 Å². The second kappa shape index (κ2) is 11.5. The van der Waals surface area contributed by atoms with Crippen LogP contribution in [-0.2, 0) is 6.42 Å². The Morgan fingerprint density at radius 1 is 0.893 bits per heavy atom. The molecule has 1 aromatic rings. The molecule has 0 spiro atoms. The smallest absolute Gasteiger partial charge is 0.0206 e. The average molecular weight is 377 g/mol. The Morgan fingerprint density at radius 2 is 1.61 bits per heavy atom. The molecule has 2 fully saturated rings. The van der Waals surface area contributed by atoms with E-state index in [9.17, 15) is 0 Å². The molecule has 0 atom stereocenters. The van der Waals surface area contributed by atoms with E-state index in [1.807, 2.05) is 0 Å². The van der Waals surface area contributed by atoms with Gasteiger partial charge in [0.2, 0.25) is 0 Å². The van der Waals surface area contributed by atoms with Gasteiger partial charge in [-0.3, -0.25) is 0 Å². The number of hydrogen-bond acceptors (Lipinski definition) is 0. The minimum atomic E-state index is 0.612. The molecule has 0 bridgehead atoms.